The van der Waals surface area contributed by atoms with Crippen molar-refractivity contribution >= 4 is 29.2 Å². The number of carbonyl (C=O) groups is 2. The molecule has 1 N–H and O–H groups in total. The summed E-state index contributed by atoms with van der Waals surface area (Å²) in [6.45, 7) is 1.66. The van der Waals surface area contributed by atoms with Gasteiger partial charge in [-0.3, -0.25) is 9.59 Å². The van der Waals surface area contributed by atoms with Gasteiger partial charge < -0.3 is 14.6 Å². The number of esters is 1. The fraction of sp³-hybridized carbons (Fsp3) is 0.150. The molecule has 0 unspecified atom stereocenters. The number of ether oxygens (including phenoxy) is 1. The van der Waals surface area contributed by atoms with E-state index in [2.05, 4.69) is 10.5 Å². The lowest BCUT2D eigenvalue weighted by atomic mass is 10.1. The third-order valence-corrected chi connectivity index (χ3v) is 4.00. The number of hydrogen-bond donors (Lipinski definition) is 1. The normalized spacial score (nSPS) is 10.4. The molecule has 6 nitrogen and oxygen atoms in total. The van der Waals surface area contributed by atoms with E-state index in [0.717, 1.165) is 11.1 Å². The molecule has 0 saturated heterocycles. The van der Waals surface area contributed by atoms with Gasteiger partial charge in [-0.2, -0.15) is 0 Å². The number of amides is 1. The van der Waals surface area contributed by atoms with E-state index >= 15 is 0 Å². The largest absolute Gasteiger partial charge is 0.466 e. The van der Waals surface area contributed by atoms with E-state index in [9.17, 15) is 9.59 Å². The first-order valence-electron chi connectivity index (χ1n) is 8.27. The molecular formula is C20H17ClN2O4. The van der Waals surface area contributed by atoms with Crippen molar-refractivity contribution in [2.75, 3.05) is 11.9 Å². The number of carbonyl (C=O) groups excluding carboxylic acids is 2. The van der Waals surface area contributed by atoms with Gasteiger partial charge in [-0.15, -0.1) is 0 Å². The molecule has 1 aromatic heterocycles. The van der Waals surface area contributed by atoms with Crippen LogP contribution in [0, 0.1) is 0 Å². The van der Waals surface area contributed by atoms with E-state index in [0.29, 0.717) is 29.5 Å². The van der Waals surface area contributed by atoms with Crippen molar-refractivity contribution in [3.63, 3.8) is 0 Å². The number of aromatic nitrogens is 1. The molecule has 0 fully saturated rings. The van der Waals surface area contributed by atoms with Crippen LogP contribution in [0.2, 0.25) is 5.02 Å². The van der Waals surface area contributed by atoms with Gasteiger partial charge >= 0.3 is 5.97 Å². The Labute approximate surface area is 161 Å². The number of nitrogens with one attached hydrogen (secondary N) is 1. The average molecular weight is 385 g/mol. The zero-order valence-corrected chi connectivity index (χ0v) is 15.3. The molecule has 1 amide bonds. The Bertz CT molecular complexity index is 951. The Balaban J connectivity index is 1.65. The lowest BCUT2D eigenvalue weighted by molar-refractivity contribution is -0.140. The quantitative estimate of drug-likeness (QED) is 0.639. The minimum absolute atomic E-state index is 0.172. The van der Waals surface area contributed by atoms with E-state index in [1.807, 2.05) is 18.2 Å². The van der Waals surface area contributed by atoms with Gasteiger partial charge in [0.05, 0.1) is 6.61 Å². The van der Waals surface area contributed by atoms with E-state index in [4.69, 9.17) is 20.9 Å². The highest BCUT2D eigenvalue weighted by Crippen LogP contribution is 2.23. The summed E-state index contributed by atoms with van der Waals surface area (Å²) in [5.41, 5.74) is 2.51. The average Bonchev–Trinajstić information content (AvgIpc) is 3.13. The number of nitrogens with zero attached hydrogens (tertiary/aromatic N) is 1. The number of rotatable bonds is 6. The molecule has 7 heteroatoms. The number of benzene rings is 2. The Morgan fingerprint density at radius 1 is 1.15 bits per heavy atom. The third kappa shape index (κ3) is 5.18. The van der Waals surface area contributed by atoms with Crippen LogP contribution in [-0.2, 0) is 16.0 Å². The Kier molecular flexibility index (Phi) is 5.88. The van der Waals surface area contributed by atoms with Crippen molar-refractivity contribution in [1.29, 1.82) is 0 Å². The standard InChI is InChI=1S/C20H17ClN2O4/c1-13(24)26-10-9-14-3-2-4-17(11-14)22-20(25)18-12-19(27-23-18)15-5-7-16(21)8-6-15/h2-8,11-12H,9-10H2,1H3,(H,22,25). The summed E-state index contributed by atoms with van der Waals surface area (Å²) in [7, 11) is 0. The van der Waals surface area contributed by atoms with E-state index in [-0.39, 0.29) is 17.6 Å². The lowest BCUT2D eigenvalue weighted by Crippen LogP contribution is -2.12. The molecule has 3 rings (SSSR count). The summed E-state index contributed by atoms with van der Waals surface area (Å²) in [5, 5.41) is 7.22. The van der Waals surface area contributed by atoms with Crippen molar-refractivity contribution in [3.8, 4) is 11.3 Å². The second-order valence-corrected chi connectivity index (χ2v) is 6.26. The Hall–Kier alpha value is -3.12. The minimum atomic E-state index is -0.379. The van der Waals surface area contributed by atoms with Gasteiger partial charge in [0.1, 0.15) is 0 Å². The molecule has 27 heavy (non-hydrogen) atoms. The summed E-state index contributed by atoms with van der Waals surface area (Å²) >= 11 is 5.87. The zero-order chi connectivity index (χ0) is 19.2. The molecule has 2 aromatic carbocycles. The molecule has 138 valence electrons. The summed E-state index contributed by atoms with van der Waals surface area (Å²) in [5.74, 6) is -0.218. The molecule has 0 radical (unpaired) electrons. The summed E-state index contributed by atoms with van der Waals surface area (Å²) in [6.07, 6.45) is 0.563. The van der Waals surface area contributed by atoms with Crippen molar-refractivity contribution in [2.24, 2.45) is 0 Å². The van der Waals surface area contributed by atoms with Gasteiger partial charge in [-0.1, -0.05) is 28.9 Å². The van der Waals surface area contributed by atoms with Crippen LogP contribution in [0.15, 0.2) is 59.1 Å². The van der Waals surface area contributed by atoms with Crippen molar-refractivity contribution in [2.45, 2.75) is 13.3 Å². The molecule has 1 heterocycles. The zero-order valence-electron chi connectivity index (χ0n) is 14.6. The highest BCUT2D eigenvalue weighted by Gasteiger charge is 2.14. The number of hydrogen-bond acceptors (Lipinski definition) is 5. The second kappa shape index (κ2) is 8.51. The van der Waals surface area contributed by atoms with E-state index in [1.165, 1.54) is 6.92 Å². The van der Waals surface area contributed by atoms with Crippen LogP contribution in [0.3, 0.4) is 0 Å². The maximum Gasteiger partial charge on any atom is 0.302 e. The first-order chi connectivity index (χ1) is 13.0. The predicted molar refractivity (Wildman–Crippen MR) is 102 cm³/mol. The van der Waals surface area contributed by atoms with Crippen LogP contribution in [-0.4, -0.2) is 23.6 Å². The second-order valence-electron chi connectivity index (χ2n) is 5.83. The lowest BCUT2D eigenvalue weighted by Gasteiger charge is -2.06. The molecule has 0 spiro atoms. The maximum absolute atomic E-state index is 12.4. The van der Waals surface area contributed by atoms with Crippen molar-refractivity contribution < 1.29 is 18.8 Å². The Morgan fingerprint density at radius 2 is 1.93 bits per heavy atom. The molecule has 0 saturated carbocycles. The van der Waals surface area contributed by atoms with Gasteiger partial charge in [0.15, 0.2) is 11.5 Å². The highest BCUT2D eigenvalue weighted by atomic mass is 35.5. The summed E-state index contributed by atoms with van der Waals surface area (Å²) in [6, 6.07) is 15.9. The monoisotopic (exact) mass is 384 g/mol. The van der Waals surface area contributed by atoms with Gasteiger partial charge in [0.25, 0.3) is 5.91 Å². The van der Waals surface area contributed by atoms with Gasteiger partial charge in [0.2, 0.25) is 0 Å². The Morgan fingerprint density at radius 3 is 2.67 bits per heavy atom. The maximum atomic E-state index is 12.4. The summed E-state index contributed by atoms with van der Waals surface area (Å²) < 4.78 is 10.2. The van der Waals surface area contributed by atoms with Crippen LogP contribution < -0.4 is 5.32 Å². The molecule has 0 aliphatic rings. The van der Waals surface area contributed by atoms with E-state index < -0.39 is 0 Å². The number of halogens is 1. The van der Waals surface area contributed by atoms with Crippen molar-refractivity contribution in [1.82, 2.24) is 5.16 Å². The topological polar surface area (TPSA) is 81.4 Å². The fourth-order valence-corrected chi connectivity index (χ4v) is 2.57. The van der Waals surface area contributed by atoms with Gasteiger partial charge in [-0.05, 0) is 42.0 Å². The SMILES string of the molecule is CC(=O)OCCc1cccc(NC(=O)c2cc(-c3ccc(Cl)cc3)on2)c1. The van der Waals surface area contributed by atoms with Crippen LogP contribution >= 0.6 is 11.6 Å². The first-order valence-corrected chi connectivity index (χ1v) is 8.65. The van der Waals surface area contributed by atoms with Crippen molar-refractivity contribution in [3.05, 3.63) is 70.9 Å². The molecule has 0 aliphatic heterocycles. The smallest absolute Gasteiger partial charge is 0.302 e. The summed E-state index contributed by atoms with van der Waals surface area (Å²) in [4.78, 5) is 23.2. The van der Waals surface area contributed by atoms with Crippen LogP contribution in [0.1, 0.15) is 23.0 Å². The highest BCUT2D eigenvalue weighted by molar-refractivity contribution is 6.30. The molecule has 3 aromatic rings. The van der Waals surface area contributed by atoms with Crippen LogP contribution in [0.4, 0.5) is 5.69 Å². The van der Waals surface area contributed by atoms with Crippen LogP contribution in [0.25, 0.3) is 11.3 Å². The predicted octanol–water partition coefficient (Wildman–Crippen LogP) is 4.35. The number of anilines is 1. The molecule has 0 bridgehead atoms. The van der Waals surface area contributed by atoms with Gasteiger partial charge in [0, 0.05) is 35.7 Å². The minimum Gasteiger partial charge on any atom is -0.466 e. The molecular weight excluding hydrogens is 368 g/mol. The van der Waals surface area contributed by atoms with Gasteiger partial charge in [-0.25, -0.2) is 0 Å². The molecule has 0 atom stereocenters. The molecule has 0 aliphatic carbocycles. The van der Waals surface area contributed by atoms with Crippen LogP contribution in [0.5, 0.6) is 0 Å². The van der Waals surface area contributed by atoms with E-state index in [1.54, 1.807) is 36.4 Å². The third-order valence-electron chi connectivity index (χ3n) is 3.75. The first kappa shape index (κ1) is 18.7. The fourth-order valence-electron chi connectivity index (χ4n) is 2.44.